The van der Waals surface area contributed by atoms with E-state index in [1.54, 1.807) is 25.1 Å². The summed E-state index contributed by atoms with van der Waals surface area (Å²) in [6.07, 6.45) is 1.98. The first-order chi connectivity index (χ1) is 13.9. The molecule has 1 amide bonds. The second-order valence-corrected chi connectivity index (χ2v) is 8.35. The lowest BCUT2D eigenvalue weighted by molar-refractivity contribution is -0.145. The van der Waals surface area contributed by atoms with Gasteiger partial charge in [-0.15, -0.1) is 0 Å². The number of nitrogens with zero attached hydrogens (tertiary/aromatic N) is 1. The van der Waals surface area contributed by atoms with Crippen LogP contribution in [0, 0.1) is 0 Å². The molecule has 1 N–H and O–H groups in total. The average Bonchev–Trinajstić information content (AvgIpc) is 2.97. The van der Waals surface area contributed by atoms with Crippen molar-refractivity contribution in [2.24, 2.45) is 0 Å². The zero-order valence-electron chi connectivity index (χ0n) is 15.5. The minimum atomic E-state index is -1.06. The number of amides is 1. The number of benzene rings is 2. The molecule has 29 heavy (non-hydrogen) atoms. The molecule has 1 fully saturated rings. The van der Waals surface area contributed by atoms with Gasteiger partial charge >= 0.3 is 5.97 Å². The van der Waals surface area contributed by atoms with Crippen LogP contribution in [0.3, 0.4) is 0 Å². The van der Waals surface area contributed by atoms with Crippen LogP contribution in [-0.4, -0.2) is 32.2 Å². The number of rotatable bonds is 7. The molecule has 0 saturated carbocycles. The number of carbonyl (C=O) groups excluding carboxylic acids is 1. The summed E-state index contributed by atoms with van der Waals surface area (Å²) in [6, 6.07) is 13.8. The summed E-state index contributed by atoms with van der Waals surface area (Å²) in [7, 11) is 0. The van der Waals surface area contributed by atoms with Crippen LogP contribution in [0.1, 0.15) is 24.5 Å². The van der Waals surface area contributed by atoms with Gasteiger partial charge in [-0.05, 0) is 36.3 Å². The summed E-state index contributed by atoms with van der Waals surface area (Å²) in [4.78, 5) is 25.6. The normalized spacial score (nSPS) is 16.3. The van der Waals surface area contributed by atoms with E-state index in [2.05, 4.69) is 0 Å². The van der Waals surface area contributed by atoms with Crippen LogP contribution in [0.5, 0.6) is 5.75 Å². The van der Waals surface area contributed by atoms with Gasteiger partial charge in [0.15, 0.2) is 0 Å². The Morgan fingerprint density at radius 3 is 2.59 bits per heavy atom. The van der Waals surface area contributed by atoms with Gasteiger partial charge in [-0.3, -0.25) is 9.69 Å². The summed E-state index contributed by atoms with van der Waals surface area (Å²) in [5.41, 5.74) is 1.68. The Morgan fingerprint density at radius 1 is 1.28 bits per heavy atom. The number of carboxylic acid groups (broad SMARTS) is 1. The van der Waals surface area contributed by atoms with Crippen molar-refractivity contribution >= 4 is 57.9 Å². The molecule has 1 saturated heterocycles. The monoisotopic (exact) mass is 447 g/mol. The van der Waals surface area contributed by atoms with Crippen molar-refractivity contribution in [2.75, 3.05) is 0 Å². The Morgan fingerprint density at radius 2 is 1.97 bits per heavy atom. The third-order valence-corrected chi connectivity index (χ3v) is 6.04. The van der Waals surface area contributed by atoms with E-state index in [-0.39, 0.29) is 16.6 Å². The first kappa shape index (κ1) is 21.4. The molecule has 2 aromatic carbocycles. The van der Waals surface area contributed by atoms with Crippen molar-refractivity contribution in [3.8, 4) is 5.75 Å². The van der Waals surface area contributed by atoms with Crippen LogP contribution in [0.25, 0.3) is 6.08 Å². The molecular formula is C21H18ClNO4S2. The summed E-state index contributed by atoms with van der Waals surface area (Å²) < 4.78 is 6.01. The van der Waals surface area contributed by atoms with E-state index in [1.807, 2.05) is 36.4 Å². The number of thiocarbonyl (C=S) groups is 1. The van der Waals surface area contributed by atoms with Gasteiger partial charge in [0.05, 0.1) is 4.91 Å². The van der Waals surface area contributed by atoms with Gasteiger partial charge in [-0.2, -0.15) is 0 Å². The molecule has 2 aromatic rings. The maximum atomic E-state index is 12.6. The van der Waals surface area contributed by atoms with Crippen molar-refractivity contribution in [2.45, 2.75) is 26.0 Å². The Bertz CT molecular complexity index is 975. The number of hydrogen-bond acceptors (Lipinski definition) is 5. The predicted molar refractivity (Wildman–Crippen MR) is 119 cm³/mol. The molecule has 5 nitrogen and oxygen atoms in total. The zero-order chi connectivity index (χ0) is 21.0. The molecule has 0 aliphatic carbocycles. The lowest BCUT2D eigenvalue weighted by atomic mass is 10.1. The molecule has 150 valence electrons. The summed E-state index contributed by atoms with van der Waals surface area (Å²) in [6.45, 7) is 2.06. The first-order valence-electron chi connectivity index (χ1n) is 8.87. The minimum absolute atomic E-state index is 0.259. The molecule has 1 aliphatic rings. The number of hydrogen-bond donors (Lipinski definition) is 1. The lowest BCUT2D eigenvalue weighted by Crippen LogP contribution is -2.43. The highest BCUT2D eigenvalue weighted by molar-refractivity contribution is 8.26. The molecule has 1 atom stereocenters. The molecule has 0 radical (unpaired) electrons. The van der Waals surface area contributed by atoms with Crippen molar-refractivity contribution < 1.29 is 19.4 Å². The standard InChI is InChI=1S/C21H18ClNO4S2/c1-2-17(20(25)26)23-19(24)18(29-21(23)28)11-13-7-9-15(10-8-13)27-12-14-5-3-4-6-16(14)22/h3-11,17H,2,12H2,1H3,(H,25,26)/b18-11+. The van der Waals surface area contributed by atoms with Gasteiger partial charge < -0.3 is 9.84 Å². The fraction of sp³-hybridized carbons (Fsp3) is 0.190. The SMILES string of the molecule is CCC(C(=O)O)N1C(=O)/C(=C\c2ccc(OCc3ccccc3Cl)cc2)SC1=S. The Labute approximate surface area is 183 Å². The minimum Gasteiger partial charge on any atom is -0.489 e. The fourth-order valence-corrected chi connectivity index (χ4v) is 4.35. The third-order valence-electron chi connectivity index (χ3n) is 4.34. The van der Waals surface area contributed by atoms with Gasteiger partial charge in [0.25, 0.3) is 5.91 Å². The van der Waals surface area contributed by atoms with E-state index >= 15 is 0 Å². The molecule has 0 aromatic heterocycles. The summed E-state index contributed by atoms with van der Waals surface area (Å²) in [5, 5.41) is 9.97. The summed E-state index contributed by atoms with van der Waals surface area (Å²) in [5.74, 6) is -0.773. The first-order valence-corrected chi connectivity index (χ1v) is 10.5. The number of carboxylic acids is 1. The van der Waals surface area contributed by atoms with Crippen molar-refractivity contribution in [1.29, 1.82) is 0 Å². The second kappa shape index (κ2) is 9.43. The van der Waals surface area contributed by atoms with Crippen molar-refractivity contribution in [3.05, 3.63) is 69.6 Å². The molecule has 0 spiro atoms. The smallest absolute Gasteiger partial charge is 0.326 e. The largest absolute Gasteiger partial charge is 0.489 e. The second-order valence-electron chi connectivity index (χ2n) is 6.26. The lowest BCUT2D eigenvalue weighted by Gasteiger charge is -2.21. The molecule has 0 bridgehead atoms. The molecule has 3 rings (SSSR count). The number of ether oxygens (including phenoxy) is 1. The van der Waals surface area contributed by atoms with Crippen LogP contribution in [-0.2, 0) is 16.2 Å². The van der Waals surface area contributed by atoms with E-state index < -0.39 is 12.0 Å². The molecule has 1 aliphatic heterocycles. The number of halogens is 1. The highest BCUT2D eigenvalue weighted by Gasteiger charge is 2.39. The van der Waals surface area contributed by atoms with Crippen LogP contribution < -0.4 is 4.74 Å². The fourth-order valence-electron chi connectivity index (χ4n) is 2.80. The van der Waals surface area contributed by atoms with Gasteiger partial charge in [0.1, 0.15) is 22.7 Å². The topological polar surface area (TPSA) is 66.8 Å². The third kappa shape index (κ3) is 4.98. The number of thioether (sulfide) groups is 1. The van der Waals surface area contributed by atoms with E-state index in [0.717, 1.165) is 22.9 Å². The molecule has 1 heterocycles. The number of carbonyl (C=O) groups is 2. The maximum Gasteiger partial charge on any atom is 0.326 e. The number of aliphatic carboxylic acids is 1. The van der Waals surface area contributed by atoms with Crippen molar-refractivity contribution in [3.63, 3.8) is 0 Å². The van der Waals surface area contributed by atoms with Gasteiger partial charge in [0.2, 0.25) is 0 Å². The maximum absolute atomic E-state index is 12.6. The van der Waals surface area contributed by atoms with Crippen LogP contribution in [0.4, 0.5) is 0 Å². The van der Waals surface area contributed by atoms with E-state index in [9.17, 15) is 14.7 Å². The van der Waals surface area contributed by atoms with E-state index in [0.29, 0.717) is 22.3 Å². The Kier molecular flexibility index (Phi) is 6.95. The van der Waals surface area contributed by atoms with Crippen molar-refractivity contribution in [1.82, 2.24) is 4.90 Å². The van der Waals surface area contributed by atoms with Gasteiger partial charge in [-0.25, -0.2) is 4.79 Å². The van der Waals surface area contributed by atoms with Gasteiger partial charge in [-0.1, -0.05) is 72.8 Å². The highest BCUT2D eigenvalue weighted by atomic mass is 35.5. The summed E-state index contributed by atoms with van der Waals surface area (Å²) >= 11 is 12.5. The highest BCUT2D eigenvalue weighted by Crippen LogP contribution is 2.34. The molecule has 1 unspecified atom stereocenters. The quantitative estimate of drug-likeness (QED) is 0.476. The average molecular weight is 448 g/mol. The van der Waals surface area contributed by atoms with Crippen LogP contribution in [0.2, 0.25) is 5.02 Å². The van der Waals surface area contributed by atoms with Gasteiger partial charge in [0, 0.05) is 10.6 Å². The Hall–Kier alpha value is -2.35. The zero-order valence-corrected chi connectivity index (χ0v) is 17.9. The molecule has 8 heteroatoms. The van der Waals surface area contributed by atoms with E-state index in [4.69, 9.17) is 28.6 Å². The predicted octanol–water partition coefficient (Wildman–Crippen LogP) is 4.98. The molecular weight excluding hydrogens is 430 g/mol. The van der Waals surface area contributed by atoms with E-state index in [1.165, 1.54) is 4.90 Å². The van der Waals surface area contributed by atoms with Crippen LogP contribution in [0.15, 0.2) is 53.4 Å². The van der Waals surface area contributed by atoms with Crippen LogP contribution >= 0.6 is 35.6 Å². The Balaban J connectivity index is 1.69.